The molecule has 2 aromatic rings. The first kappa shape index (κ1) is 15.7. The quantitative estimate of drug-likeness (QED) is 0.862. The standard InChI is InChI=1S/C16H20N2O2S/c1-3-13(19)6-8-17-16(20)14-4-5-15(18-11(14)2)12-7-9-21-10-12/h4-5,7,9-10,13,19H,3,6,8H2,1-2H3,(H,17,20). The van der Waals surface area contributed by atoms with E-state index in [0.717, 1.165) is 11.3 Å². The molecule has 1 unspecified atom stereocenters. The van der Waals surface area contributed by atoms with Crippen LogP contribution < -0.4 is 5.32 Å². The van der Waals surface area contributed by atoms with Crippen LogP contribution >= 0.6 is 11.3 Å². The zero-order valence-electron chi connectivity index (χ0n) is 12.3. The van der Waals surface area contributed by atoms with Gasteiger partial charge in [-0.25, -0.2) is 0 Å². The van der Waals surface area contributed by atoms with E-state index in [1.54, 1.807) is 17.4 Å². The molecule has 2 N–H and O–H groups in total. The van der Waals surface area contributed by atoms with Crippen molar-refractivity contribution in [3.8, 4) is 11.3 Å². The van der Waals surface area contributed by atoms with Gasteiger partial charge in [0.25, 0.3) is 5.91 Å². The minimum atomic E-state index is -0.356. The number of aromatic nitrogens is 1. The van der Waals surface area contributed by atoms with Crippen LogP contribution in [0.25, 0.3) is 11.3 Å². The molecule has 0 aliphatic carbocycles. The fourth-order valence-corrected chi connectivity index (χ4v) is 2.67. The van der Waals surface area contributed by atoms with E-state index < -0.39 is 0 Å². The molecule has 2 rings (SSSR count). The molecule has 0 bridgehead atoms. The Hall–Kier alpha value is -1.72. The van der Waals surface area contributed by atoms with E-state index in [1.165, 1.54) is 0 Å². The molecule has 5 heteroatoms. The van der Waals surface area contributed by atoms with Crippen LogP contribution in [0.4, 0.5) is 0 Å². The minimum absolute atomic E-state index is 0.139. The van der Waals surface area contributed by atoms with Crippen LogP contribution in [0.5, 0.6) is 0 Å². The predicted octanol–water partition coefficient (Wildman–Crippen LogP) is 3.01. The highest BCUT2D eigenvalue weighted by molar-refractivity contribution is 7.08. The van der Waals surface area contributed by atoms with Crippen LogP contribution in [-0.4, -0.2) is 28.6 Å². The van der Waals surface area contributed by atoms with Gasteiger partial charge in [0.05, 0.1) is 23.1 Å². The Morgan fingerprint density at radius 3 is 2.86 bits per heavy atom. The maximum Gasteiger partial charge on any atom is 0.253 e. The lowest BCUT2D eigenvalue weighted by atomic mass is 10.1. The maximum atomic E-state index is 12.1. The summed E-state index contributed by atoms with van der Waals surface area (Å²) in [5.74, 6) is -0.139. The average Bonchev–Trinajstić information content (AvgIpc) is 3.00. The van der Waals surface area contributed by atoms with Crippen LogP contribution in [0.2, 0.25) is 0 Å². The summed E-state index contributed by atoms with van der Waals surface area (Å²) in [5, 5.41) is 16.3. The molecule has 1 atom stereocenters. The highest BCUT2D eigenvalue weighted by Gasteiger charge is 2.11. The van der Waals surface area contributed by atoms with Crippen molar-refractivity contribution in [3.05, 3.63) is 40.2 Å². The Kier molecular flexibility index (Phi) is 5.47. The Morgan fingerprint density at radius 2 is 2.24 bits per heavy atom. The van der Waals surface area contributed by atoms with Crippen molar-refractivity contribution in [2.75, 3.05) is 6.54 Å². The largest absolute Gasteiger partial charge is 0.393 e. The smallest absolute Gasteiger partial charge is 0.253 e. The fraction of sp³-hybridized carbons (Fsp3) is 0.375. The van der Waals surface area contributed by atoms with Gasteiger partial charge in [-0.2, -0.15) is 11.3 Å². The minimum Gasteiger partial charge on any atom is -0.393 e. The number of rotatable bonds is 6. The van der Waals surface area contributed by atoms with Gasteiger partial charge in [0.2, 0.25) is 0 Å². The van der Waals surface area contributed by atoms with Crippen molar-refractivity contribution >= 4 is 17.2 Å². The highest BCUT2D eigenvalue weighted by Crippen LogP contribution is 2.21. The molecule has 0 spiro atoms. The van der Waals surface area contributed by atoms with Crippen LogP contribution in [0.3, 0.4) is 0 Å². The van der Waals surface area contributed by atoms with Gasteiger partial charge in [-0.05, 0) is 43.3 Å². The van der Waals surface area contributed by atoms with Gasteiger partial charge in [0.1, 0.15) is 0 Å². The Bertz CT molecular complexity index is 596. The van der Waals surface area contributed by atoms with Crippen molar-refractivity contribution in [1.82, 2.24) is 10.3 Å². The second-order valence-corrected chi connectivity index (χ2v) is 5.73. The molecule has 2 heterocycles. The summed E-state index contributed by atoms with van der Waals surface area (Å²) in [6.45, 7) is 4.23. The Morgan fingerprint density at radius 1 is 1.43 bits per heavy atom. The number of nitrogens with one attached hydrogen (secondary N) is 1. The molecular formula is C16H20N2O2S. The van der Waals surface area contributed by atoms with E-state index in [4.69, 9.17) is 0 Å². The molecule has 0 fully saturated rings. The second kappa shape index (κ2) is 7.33. The number of hydrogen-bond donors (Lipinski definition) is 2. The highest BCUT2D eigenvalue weighted by atomic mass is 32.1. The van der Waals surface area contributed by atoms with Crippen LogP contribution in [0.15, 0.2) is 29.0 Å². The number of pyridine rings is 1. The number of nitrogens with zero attached hydrogens (tertiary/aromatic N) is 1. The summed E-state index contributed by atoms with van der Waals surface area (Å²) in [4.78, 5) is 16.6. The van der Waals surface area contributed by atoms with Crippen LogP contribution in [0, 0.1) is 6.92 Å². The summed E-state index contributed by atoms with van der Waals surface area (Å²) < 4.78 is 0. The normalized spacial score (nSPS) is 12.1. The molecule has 1 amide bonds. The van der Waals surface area contributed by atoms with Crippen molar-refractivity contribution in [2.24, 2.45) is 0 Å². The molecule has 0 aliphatic heterocycles. The second-order valence-electron chi connectivity index (χ2n) is 4.95. The zero-order valence-corrected chi connectivity index (χ0v) is 13.1. The lowest BCUT2D eigenvalue weighted by Crippen LogP contribution is -2.27. The average molecular weight is 304 g/mol. The van der Waals surface area contributed by atoms with Crippen molar-refractivity contribution < 1.29 is 9.90 Å². The zero-order chi connectivity index (χ0) is 15.2. The van der Waals surface area contributed by atoms with Gasteiger partial charge in [-0.1, -0.05) is 6.92 Å². The van der Waals surface area contributed by atoms with Gasteiger partial charge < -0.3 is 10.4 Å². The molecular weight excluding hydrogens is 284 g/mol. The van der Waals surface area contributed by atoms with E-state index in [9.17, 15) is 9.90 Å². The summed E-state index contributed by atoms with van der Waals surface area (Å²) >= 11 is 1.62. The molecule has 112 valence electrons. The monoisotopic (exact) mass is 304 g/mol. The number of thiophene rings is 1. The molecule has 2 aromatic heterocycles. The maximum absolute atomic E-state index is 12.1. The first-order valence-electron chi connectivity index (χ1n) is 7.08. The number of aliphatic hydroxyl groups is 1. The van der Waals surface area contributed by atoms with Crippen LogP contribution in [0.1, 0.15) is 35.8 Å². The van der Waals surface area contributed by atoms with E-state index in [-0.39, 0.29) is 12.0 Å². The van der Waals surface area contributed by atoms with Gasteiger partial charge in [0, 0.05) is 17.5 Å². The first-order valence-corrected chi connectivity index (χ1v) is 8.02. The van der Waals surface area contributed by atoms with Crippen molar-refractivity contribution in [1.29, 1.82) is 0 Å². The Labute approximate surface area is 128 Å². The van der Waals surface area contributed by atoms with Gasteiger partial charge in [-0.3, -0.25) is 9.78 Å². The SMILES string of the molecule is CCC(O)CCNC(=O)c1ccc(-c2ccsc2)nc1C. The molecule has 0 aromatic carbocycles. The molecule has 0 saturated carbocycles. The van der Waals surface area contributed by atoms with Crippen molar-refractivity contribution in [3.63, 3.8) is 0 Å². The van der Waals surface area contributed by atoms with Gasteiger partial charge >= 0.3 is 0 Å². The number of carbonyl (C=O) groups is 1. The third kappa shape index (κ3) is 4.12. The number of aryl methyl sites for hydroxylation is 1. The third-order valence-corrected chi connectivity index (χ3v) is 4.06. The molecule has 0 saturated heterocycles. The number of aliphatic hydroxyl groups excluding tert-OH is 1. The lowest BCUT2D eigenvalue weighted by molar-refractivity contribution is 0.0941. The Balaban J connectivity index is 2.02. The predicted molar refractivity (Wildman–Crippen MR) is 85.5 cm³/mol. The van der Waals surface area contributed by atoms with Crippen molar-refractivity contribution in [2.45, 2.75) is 32.8 Å². The molecule has 0 radical (unpaired) electrons. The van der Waals surface area contributed by atoms with E-state index >= 15 is 0 Å². The van der Waals surface area contributed by atoms with E-state index in [1.807, 2.05) is 36.7 Å². The summed E-state index contributed by atoms with van der Waals surface area (Å²) in [5.41, 5.74) is 3.25. The molecule has 4 nitrogen and oxygen atoms in total. The first-order chi connectivity index (χ1) is 10.1. The lowest BCUT2D eigenvalue weighted by Gasteiger charge is -2.10. The van der Waals surface area contributed by atoms with Gasteiger partial charge in [0.15, 0.2) is 0 Å². The fourth-order valence-electron chi connectivity index (χ4n) is 2.02. The third-order valence-electron chi connectivity index (χ3n) is 3.38. The number of carbonyl (C=O) groups excluding carboxylic acids is 1. The van der Waals surface area contributed by atoms with E-state index in [0.29, 0.717) is 30.6 Å². The summed E-state index contributed by atoms with van der Waals surface area (Å²) in [7, 11) is 0. The molecule has 0 aliphatic rings. The van der Waals surface area contributed by atoms with Crippen LogP contribution in [-0.2, 0) is 0 Å². The topological polar surface area (TPSA) is 62.2 Å². The summed E-state index contributed by atoms with van der Waals surface area (Å²) in [6.07, 6.45) is 0.915. The van der Waals surface area contributed by atoms with Gasteiger partial charge in [-0.15, -0.1) is 0 Å². The van der Waals surface area contributed by atoms with E-state index in [2.05, 4.69) is 10.3 Å². The summed E-state index contributed by atoms with van der Waals surface area (Å²) in [6, 6.07) is 5.68. The number of hydrogen-bond acceptors (Lipinski definition) is 4. The number of amides is 1. The molecule has 21 heavy (non-hydrogen) atoms.